The van der Waals surface area contributed by atoms with E-state index in [0.717, 1.165) is 18.2 Å². The topological polar surface area (TPSA) is 103 Å². The maximum Gasteiger partial charge on any atom is 0.338 e. The minimum atomic E-state index is -0.843. The molecule has 34 heavy (non-hydrogen) atoms. The van der Waals surface area contributed by atoms with Gasteiger partial charge in [-0.15, -0.1) is 0 Å². The monoisotopic (exact) mass is 478 g/mol. The summed E-state index contributed by atoms with van der Waals surface area (Å²) in [7, 11) is 0. The molecule has 0 radical (unpaired) electrons. The Kier molecular flexibility index (Phi) is 8.74. The van der Waals surface area contributed by atoms with Crippen molar-refractivity contribution in [3.63, 3.8) is 0 Å². The summed E-state index contributed by atoms with van der Waals surface area (Å²) in [6.07, 6.45) is 0. The van der Waals surface area contributed by atoms with Crippen LogP contribution in [0.4, 0.5) is 14.5 Å². The van der Waals surface area contributed by atoms with Gasteiger partial charge in [-0.1, -0.05) is 0 Å². The van der Waals surface area contributed by atoms with E-state index in [-0.39, 0.29) is 41.9 Å². The highest BCUT2D eigenvalue weighted by Crippen LogP contribution is 2.29. The van der Waals surface area contributed by atoms with E-state index in [1.165, 1.54) is 18.2 Å². The summed E-state index contributed by atoms with van der Waals surface area (Å²) in [6.45, 7) is 3.02. The van der Waals surface area contributed by atoms with E-state index in [4.69, 9.17) is 18.9 Å². The van der Waals surface area contributed by atoms with Gasteiger partial charge < -0.3 is 29.2 Å². The predicted octanol–water partition coefficient (Wildman–Crippen LogP) is 2.40. The number of amides is 2. The van der Waals surface area contributed by atoms with Crippen molar-refractivity contribution in [3.8, 4) is 11.5 Å². The van der Waals surface area contributed by atoms with Gasteiger partial charge in [-0.25, -0.2) is 13.6 Å². The molecule has 1 aliphatic rings. The van der Waals surface area contributed by atoms with Gasteiger partial charge in [0.2, 0.25) is 0 Å². The molecule has 1 N–H and O–H groups in total. The summed E-state index contributed by atoms with van der Waals surface area (Å²) < 4.78 is 48.1. The molecule has 2 aromatic carbocycles. The van der Waals surface area contributed by atoms with Crippen LogP contribution in [0.2, 0.25) is 0 Å². The summed E-state index contributed by atoms with van der Waals surface area (Å²) in [5.41, 5.74) is -0.298. The molecule has 0 atom stereocenters. The van der Waals surface area contributed by atoms with Crippen LogP contribution in [-0.4, -0.2) is 68.8 Å². The number of esters is 1. The van der Waals surface area contributed by atoms with E-state index in [1.54, 1.807) is 11.8 Å². The number of hydrogen-bond donors (Lipinski definition) is 1. The maximum absolute atomic E-state index is 13.6. The van der Waals surface area contributed by atoms with Crippen LogP contribution in [0.5, 0.6) is 11.5 Å². The second kappa shape index (κ2) is 11.9. The van der Waals surface area contributed by atoms with Crippen molar-refractivity contribution in [2.45, 2.75) is 6.92 Å². The van der Waals surface area contributed by atoms with Crippen molar-refractivity contribution >= 4 is 23.5 Å². The van der Waals surface area contributed by atoms with Crippen LogP contribution in [-0.2, 0) is 19.1 Å². The lowest BCUT2D eigenvalue weighted by Crippen LogP contribution is -2.43. The number of hydrogen-bond acceptors (Lipinski definition) is 7. The SMILES string of the molecule is CCOc1cc(C(=O)OCC(=O)Nc2cc(F)ccc2F)ccc1OCC(=O)N1CCOCC1. The van der Waals surface area contributed by atoms with Gasteiger partial charge in [-0.2, -0.15) is 0 Å². The quantitative estimate of drug-likeness (QED) is 0.552. The summed E-state index contributed by atoms with van der Waals surface area (Å²) in [4.78, 5) is 38.2. The number of halogens is 2. The minimum absolute atomic E-state index is 0.0695. The molecule has 2 aromatic rings. The molecule has 1 aliphatic heterocycles. The van der Waals surface area contributed by atoms with Gasteiger partial charge in [0, 0.05) is 19.2 Å². The fourth-order valence-corrected chi connectivity index (χ4v) is 3.06. The Balaban J connectivity index is 1.57. The third-order valence-corrected chi connectivity index (χ3v) is 4.73. The van der Waals surface area contributed by atoms with Crippen LogP contribution in [0.3, 0.4) is 0 Å². The Morgan fingerprint density at radius 3 is 2.50 bits per heavy atom. The molecule has 0 aromatic heterocycles. The molecule has 0 spiro atoms. The lowest BCUT2D eigenvalue weighted by atomic mass is 10.2. The van der Waals surface area contributed by atoms with Crippen molar-refractivity contribution < 1.29 is 42.1 Å². The molecule has 1 saturated heterocycles. The molecule has 1 heterocycles. The second-order valence-corrected chi connectivity index (χ2v) is 7.12. The largest absolute Gasteiger partial charge is 0.490 e. The molecule has 0 aliphatic carbocycles. The summed E-state index contributed by atoms with van der Waals surface area (Å²) >= 11 is 0. The first kappa shape index (κ1) is 24.9. The smallest absolute Gasteiger partial charge is 0.338 e. The number of morpholine rings is 1. The van der Waals surface area contributed by atoms with Crippen LogP contribution in [0.1, 0.15) is 17.3 Å². The number of benzene rings is 2. The molecule has 1 fully saturated rings. The summed E-state index contributed by atoms with van der Waals surface area (Å²) in [5.74, 6) is -2.96. The predicted molar refractivity (Wildman–Crippen MR) is 116 cm³/mol. The second-order valence-electron chi connectivity index (χ2n) is 7.12. The fourth-order valence-electron chi connectivity index (χ4n) is 3.06. The zero-order chi connectivity index (χ0) is 24.5. The van der Waals surface area contributed by atoms with Gasteiger partial charge in [0.05, 0.1) is 31.1 Å². The Bertz CT molecular complexity index is 1040. The molecule has 0 saturated carbocycles. The third-order valence-electron chi connectivity index (χ3n) is 4.73. The Morgan fingerprint density at radius 1 is 1.00 bits per heavy atom. The van der Waals surface area contributed by atoms with Crippen LogP contribution in [0.25, 0.3) is 0 Å². The molecule has 9 nitrogen and oxygen atoms in total. The van der Waals surface area contributed by atoms with E-state index in [2.05, 4.69) is 5.32 Å². The van der Waals surface area contributed by atoms with Gasteiger partial charge in [0.25, 0.3) is 11.8 Å². The van der Waals surface area contributed by atoms with Crippen molar-refractivity contribution in [2.75, 3.05) is 51.4 Å². The Labute approximate surface area is 194 Å². The number of nitrogens with zero attached hydrogens (tertiary/aromatic N) is 1. The van der Waals surface area contributed by atoms with Gasteiger partial charge in [0.15, 0.2) is 24.7 Å². The van der Waals surface area contributed by atoms with Crippen LogP contribution < -0.4 is 14.8 Å². The van der Waals surface area contributed by atoms with Crippen molar-refractivity contribution in [2.24, 2.45) is 0 Å². The Hall–Kier alpha value is -3.73. The lowest BCUT2D eigenvalue weighted by Gasteiger charge is -2.26. The average molecular weight is 478 g/mol. The first-order valence-corrected chi connectivity index (χ1v) is 10.5. The number of anilines is 1. The Morgan fingerprint density at radius 2 is 1.76 bits per heavy atom. The molecule has 0 unspecified atom stereocenters. The van der Waals surface area contributed by atoms with Crippen molar-refractivity contribution in [3.05, 3.63) is 53.6 Å². The van der Waals surface area contributed by atoms with E-state index >= 15 is 0 Å². The van der Waals surface area contributed by atoms with Gasteiger partial charge in [-0.05, 0) is 37.3 Å². The number of rotatable bonds is 9. The van der Waals surface area contributed by atoms with Crippen LogP contribution in [0, 0.1) is 11.6 Å². The number of carbonyl (C=O) groups is 3. The van der Waals surface area contributed by atoms with Gasteiger partial charge >= 0.3 is 5.97 Å². The first-order chi connectivity index (χ1) is 16.4. The average Bonchev–Trinajstić information content (AvgIpc) is 2.84. The first-order valence-electron chi connectivity index (χ1n) is 10.5. The minimum Gasteiger partial charge on any atom is -0.490 e. The van der Waals surface area contributed by atoms with Crippen LogP contribution >= 0.6 is 0 Å². The molecule has 182 valence electrons. The third kappa shape index (κ3) is 6.88. The highest BCUT2D eigenvalue weighted by Gasteiger charge is 2.19. The summed E-state index contributed by atoms with van der Waals surface area (Å²) in [6, 6.07) is 6.80. The van der Waals surface area contributed by atoms with Gasteiger partial charge in [0.1, 0.15) is 11.6 Å². The van der Waals surface area contributed by atoms with Crippen molar-refractivity contribution in [1.82, 2.24) is 4.90 Å². The van der Waals surface area contributed by atoms with E-state index in [9.17, 15) is 23.2 Å². The molecule has 2 amide bonds. The fraction of sp³-hybridized carbons (Fsp3) is 0.348. The molecular weight excluding hydrogens is 454 g/mol. The van der Waals surface area contributed by atoms with E-state index in [1.807, 2.05) is 0 Å². The molecule has 0 bridgehead atoms. The lowest BCUT2D eigenvalue weighted by molar-refractivity contribution is -0.137. The zero-order valence-corrected chi connectivity index (χ0v) is 18.5. The summed E-state index contributed by atoms with van der Waals surface area (Å²) in [5, 5.41) is 2.13. The van der Waals surface area contributed by atoms with Gasteiger partial charge in [-0.3, -0.25) is 9.59 Å². The highest BCUT2D eigenvalue weighted by atomic mass is 19.1. The maximum atomic E-state index is 13.6. The molecular formula is C23H24F2N2O7. The van der Waals surface area contributed by atoms with Crippen LogP contribution in [0.15, 0.2) is 36.4 Å². The zero-order valence-electron chi connectivity index (χ0n) is 18.5. The number of carbonyl (C=O) groups excluding carboxylic acids is 3. The number of ether oxygens (including phenoxy) is 4. The highest BCUT2D eigenvalue weighted by molar-refractivity contribution is 5.95. The molecule has 3 rings (SSSR count). The standard InChI is InChI=1S/C23H24F2N2O7/c1-2-32-20-11-15(3-6-19(20)33-14-22(29)27-7-9-31-10-8-27)23(30)34-13-21(28)26-18-12-16(24)4-5-17(18)25/h3-6,11-12H,2,7-10,13-14H2,1H3,(H,26,28). The van der Waals surface area contributed by atoms with E-state index in [0.29, 0.717) is 26.3 Å². The van der Waals surface area contributed by atoms with E-state index < -0.39 is 30.1 Å². The number of nitrogens with one attached hydrogen (secondary N) is 1. The molecule has 11 heteroatoms. The normalized spacial score (nSPS) is 13.2. The van der Waals surface area contributed by atoms with Crippen molar-refractivity contribution in [1.29, 1.82) is 0 Å².